The quantitative estimate of drug-likeness (QED) is 0.234. The van der Waals surface area contributed by atoms with Crippen LogP contribution in [0, 0.1) is 5.82 Å². The number of halogens is 1. The molecular weight excluding hydrogens is 653 g/mol. The predicted molar refractivity (Wildman–Crippen MR) is 189 cm³/mol. The average molecular weight is 692 g/mol. The van der Waals surface area contributed by atoms with Crippen LogP contribution in [0.25, 0.3) is 27.6 Å². The van der Waals surface area contributed by atoms with Crippen LogP contribution in [0.15, 0.2) is 79.1 Å². The van der Waals surface area contributed by atoms with E-state index in [9.17, 15) is 14.4 Å². The second-order valence-corrected chi connectivity index (χ2v) is 12.5. The van der Waals surface area contributed by atoms with Gasteiger partial charge < -0.3 is 29.2 Å². The molecule has 5 aromatic rings. The summed E-state index contributed by atoms with van der Waals surface area (Å²) in [4.78, 5) is 48.6. The molecule has 7 rings (SSSR count). The van der Waals surface area contributed by atoms with Gasteiger partial charge in [-0.25, -0.2) is 4.39 Å². The third-order valence-electron chi connectivity index (χ3n) is 9.55. The highest BCUT2D eigenvalue weighted by Crippen LogP contribution is 2.40. The number of aryl methyl sites for hydroxylation is 1. The number of nitrogens with zero attached hydrogens (tertiary/aromatic N) is 6. The summed E-state index contributed by atoms with van der Waals surface area (Å²) in [5, 5.41) is 8.26. The van der Waals surface area contributed by atoms with Gasteiger partial charge >= 0.3 is 0 Å². The van der Waals surface area contributed by atoms with Crippen LogP contribution < -0.4 is 9.47 Å². The number of ether oxygens (including phenoxy) is 2. The first-order valence-corrected chi connectivity index (χ1v) is 16.9. The SMILES string of the molecule is COc1ccccc1C(=O)N1CCN(C(=O)c2cc3c(-c4ccccc4OC)cc(C4=CCCN(C(=O)CCn5ccnn5)C4)c(F)c3[nH]2)CC1. The highest BCUT2D eigenvalue weighted by molar-refractivity contribution is 6.05. The van der Waals surface area contributed by atoms with E-state index in [0.717, 1.165) is 5.56 Å². The zero-order valence-corrected chi connectivity index (χ0v) is 28.5. The number of benzene rings is 3. The van der Waals surface area contributed by atoms with Gasteiger partial charge in [0.1, 0.15) is 17.2 Å². The number of hydrogen-bond acceptors (Lipinski definition) is 7. The fourth-order valence-electron chi connectivity index (χ4n) is 6.85. The number of rotatable bonds is 9. The molecule has 3 aromatic carbocycles. The van der Waals surface area contributed by atoms with Crippen LogP contribution in [-0.4, -0.2) is 106 Å². The Hall–Kier alpha value is -5.98. The molecule has 0 unspecified atom stereocenters. The third-order valence-corrected chi connectivity index (χ3v) is 9.55. The van der Waals surface area contributed by atoms with E-state index in [-0.39, 0.29) is 41.9 Å². The van der Waals surface area contributed by atoms with Crippen LogP contribution in [0.1, 0.15) is 39.3 Å². The predicted octanol–water partition coefficient (Wildman–Crippen LogP) is 4.89. The van der Waals surface area contributed by atoms with E-state index in [2.05, 4.69) is 15.3 Å². The van der Waals surface area contributed by atoms with E-state index in [1.165, 1.54) is 7.11 Å². The number of aromatic nitrogens is 4. The maximum absolute atomic E-state index is 16.7. The number of para-hydroxylation sites is 2. The van der Waals surface area contributed by atoms with Crippen molar-refractivity contribution in [1.82, 2.24) is 34.7 Å². The van der Waals surface area contributed by atoms with Gasteiger partial charge in [-0.15, -0.1) is 5.10 Å². The van der Waals surface area contributed by atoms with E-state index in [1.54, 1.807) is 69.2 Å². The molecule has 0 radical (unpaired) electrons. The Morgan fingerprint density at radius 1 is 0.824 bits per heavy atom. The van der Waals surface area contributed by atoms with Crippen LogP contribution in [0.3, 0.4) is 0 Å². The number of carbonyl (C=O) groups is 3. The molecule has 0 atom stereocenters. The van der Waals surface area contributed by atoms with Gasteiger partial charge in [0.2, 0.25) is 5.91 Å². The van der Waals surface area contributed by atoms with Gasteiger partial charge in [-0.2, -0.15) is 0 Å². The Morgan fingerprint density at radius 2 is 1.53 bits per heavy atom. The lowest BCUT2D eigenvalue weighted by atomic mass is 9.93. The van der Waals surface area contributed by atoms with Crippen molar-refractivity contribution in [3.05, 3.63) is 102 Å². The van der Waals surface area contributed by atoms with Crippen molar-refractivity contribution in [1.29, 1.82) is 0 Å². The summed E-state index contributed by atoms with van der Waals surface area (Å²) in [7, 11) is 3.11. The van der Waals surface area contributed by atoms with Crippen molar-refractivity contribution >= 4 is 34.2 Å². The number of carbonyl (C=O) groups excluding carboxylic acids is 3. The molecule has 1 N–H and O–H groups in total. The maximum atomic E-state index is 16.7. The molecule has 13 heteroatoms. The summed E-state index contributed by atoms with van der Waals surface area (Å²) < 4.78 is 29.4. The number of amides is 3. The van der Waals surface area contributed by atoms with Gasteiger partial charge in [0, 0.05) is 68.4 Å². The number of H-pyrrole nitrogens is 1. The monoisotopic (exact) mass is 691 g/mol. The molecule has 2 aromatic heterocycles. The minimum atomic E-state index is -0.502. The molecule has 2 aliphatic heterocycles. The van der Waals surface area contributed by atoms with Crippen LogP contribution in [-0.2, 0) is 11.3 Å². The summed E-state index contributed by atoms with van der Waals surface area (Å²) in [6.45, 7) is 2.49. The molecule has 0 saturated carbocycles. The molecule has 51 heavy (non-hydrogen) atoms. The molecule has 3 amide bonds. The smallest absolute Gasteiger partial charge is 0.270 e. The Bertz CT molecular complexity index is 2120. The summed E-state index contributed by atoms with van der Waals surface area (Å²) in [5.41, 5.74) is 3.37. The second-order valence-electron chi connectivity index (χ2n) is 12.5. The lowest BCUT2D eigenvalue weighted by Crippen LogP contribution is -2.50. The molecular formula is C38H38FN7O5. The lowest BCUT2D eigenvalue weighted by molar-refractivity contribution is -0.131. The average Bonchev–Trinajstić information content (AvgIpc) is 3.88. The highest BCUT2D eigenvalue weighted by Gasteiger charge is 2.30. The minimum Gasteiger partial charge on any atom is -0.496 e. The van der Waals surface area contributed by atoms with Crippen molar-refractivity contribution in [3.8, 4) is 22.6 Å². The van der Waals surface area contributed by atoms with E-state index in [4.69, 9.17) is 9.47 Å². The first-order chi connectivity index (χ1) is 24.9. The minimum absolute atomic E-state index is 0.0556. The van der Waals surface area contributed by atoms with Gasteiger partial charge in [-0.1, -0.05) is 41.6 Å². The van der Waals surface area contributed by atoms with E-state index in [0.29, 0.717) is 84.8 Å². The zero-order chi connectivity index (χ0) is 35.5. The Morgan fingerprint density at radius 3 is 2.25 bits per heavy atom. The van der Waals surface area contributed by atoms with Gasteiger partial charge in [0.05, 0.1) is 38.0 Å². The molecule has 262 valence electrons. The maximum Gasteiger partial charge on any atom is 0.270 e. The van der Waals surface area contributed by atoms with E-state index >= 15 is 4.39 Å². The van der Waals surface area contributed by atoms with Crippen molar-refractivity contribution in [3.63, 3.8) is 0 Å². The summed E-state index contributed by atoms with van der Waals surface area (Å²) >= 11 is 0. The molecule has 4 heterocycles. The van der Waals surface area contributed by atoms with Crippen LogP contribution >= 0.6 is 0 Å². The fourth-order valence-corrected chi connectivity index (χ4v) is 6.85. The van der Waals surface area contributed by atoms with Gasteiger partial charge in [-0.3, -0.25) is 19.1 Å². The van der Waals surface area contributed by atoms with Crippen molar-refractivity contribution in [2.45, 2.75) is 19.4 Å². The zero-order valence-electron chi connectivity index (χ0n) is 28.5. The topological polar surface area (TPSA) is 126 Å². The first kappa shape index (κ1) is 33.5. The van der Waals surface area contributed by atoms with E-state index < -0.39 is 5.82 Å². The molecule has 0 bridgehead atoms. The Balaban J connectivity index is 1.17. The second kappa shape index (κ2) is 14.5. The van der Waals surface area contributed by atoms with Gasteiger partial charge in [-0.05, 0) is 47.9 Å². The van der Waals surface area contributed by atoms with Crippen molar-refractivity contribution in [2.75, 3.05) is 53.5 Å². The van der Waals surface area contributed by atoms with Gasteiger partial charge in [0.25, 0.3) is 11.8 Å². The number of nitrogens with one attached hydrogen (secondary N) is 1. The number of hydrogen-bond donors (Lipinski definition) is 1. The summed E-state index contributed by atoms with van der Waals surface area (Å²) in [5.74, 6) is 0.0944. The molecule has 12 nitrogen and oxygen atoms in total. The highest BCUT2D eigenvalue weighted by atomic mass is 19.1. The van der Waals surface area contributed by atoms with Crippen molar-refractivity contribution < 1.29 is 28.2 Å². The lowest BCUT2D eigenvalue weighted by Gasteiger charge is -2.34. The first-order valence-electron chi connectivity index (χ1n) is 16.9. The Labute approximate surface area is 294 Å². The Kier molecular flexibility index (Phi) is 9.51. The van der Waals surface area contributed by atoms with Crippen LogP contribution in [0.4, 0.5) is 4.39 Å². The number of aromatic amines is 1. The molecule has 0 aliphatic carbocycles. The third kappa shape index (κ3) is 6.66. The summed E-state index contributed by atoms with van der Waals surface area (Å²) in [6, 6.07) is 18.0. The van der Waals surface area contributed by atoms with Crippen LogP contribution in [0.2, 0.25) is 0 Å². The molecule has 2 aliphatic rings. The van der Waals surface area contributed by atoms with Gasteiger partial charge in [0.15, 0.2) is 5.82 Å². The standard InChI is InChI=1S/C38H38FN7O5/c1-50-32-11-5-3-9-26(32)29-22-28(25-8-7-15-45(24-25)34(47)13-16-46-17-14-40-42-46)35(39)36-30(29)23-31(41-36)38(49)44-20-18-43(19-21-44)37(48)27-10-4-6-12-33(27)51-2/h3-6,8-12,14,17,22-23,41H,7,13,15-16,18-21,24H2,1-2H3. The fraction of sp³-hybridized carbons (Fsp3) is 0.289. The molecule has 0 spiro atoms. The normalized spacial score (nSPS) is 14.8. The number of methoxy groups -OCH3 is 2. The molecule has 1 fully saturated rings. The summed E-state index contributed by atoms with van der Waals surface area (Å²) in [6.07, 6.45) is 6.07. The number of piperazine rings is 1. The number of fused-ring (bicyclic) bond motifs is 1. The van der Waals surface area contributed by atoms with Crippen LogP contribution in [0.5, 0.6) is 11.5 Å². The molecule has 1 saturated heterocycles. The van der Waals surface area contributed by atoms with E-state index in [1.807, 2.05) is 36.4 Å². The van der Waals surface area contributed by atoms with Crippen molar-refractivity contribution in [2.24, 2.45) is 0 Å². The largest absolute Gasteiger partial charge is 0.496 e.